The van der Waals surface area contributed by atoms with Crippen LogP contribution in [0.15, 0.2) is 71.4 Å². The molecule has 4 aromatic rings. The monoisotopic (exact) mass is 427 g/mol. The van der Waals surface area contributed by atoms with Crippen molar-refractivity contribution in [2.45, 2.75) is 6.92 Å². The van der Waals surface area contributed by atoms with Crippen molar-refractivity contribution >= 4 is 11.5 Å². The molecule has 0 aliphatic carbocycles. The molecule has 0 amide bonds. The largest absolute Gasteiger partial charge is 0.495 e. The van der Waals surface area contributed by atoms with E-state index in [1.807, 2.05) is 54.6 Å². The third kappa shape index (κ3) is 4.01. The zero-order valence-electron chi connectivity index (χ0n) is 18.2. The van der Waals surface area contributed by atoms with E-state index in [9.17, 15) is 0 Å². The molecule has 1 aliphatic heterocycles. The van der Waals surface area contributed by atoms with Crippen molar-refractivity contribution in [1.29, 1.82) is 0 Å². The first-order valence-electron chi connectivity index (χ1n) is 10.7. The Labute approximate surface area is 187 Å². The maximum absolute atomic E-state index is 5.51. The number of methoxy groups -OCH3 is 1. The molecule has 0 saturated carbocycles. The molecule has 0 N–H and O–H groups in total. The fraction of sp³-hybridized carbons (Fsp3) is 0.240. The summed E-state index contributed by atoms with van der Waals surface area (Å²) in [6, 6.07) is 20.2. The predicted octanol–water partition coefficient (Wildman–Crippen LogP) is 4.44. The molecule has 2 aromatic heterocycles. The van der Waals surface area contributed by atoms with E-state index in [0.717, 1.165) is 54.6 Å². The number of piperazine rings is 1. The van der Waals surface area contributed by atoms with E-state index < -0.39 is 0 Å². The number of ether oxygens (including phenoxy) is 1. The van der Waals surface area contributed by atoms with Gasteiger partial charge < -0.3 is 19.1 Å². The Bertz CT molecular complexity index is 1180. The number of hydrogen-bond acceptors (Lipinski definition) is 7. The van der Waals surface area contributed by atoms with Crippen molar-refractivity contribution < 1.29 is 9.26 Å². The first kappa shape index (κ1) is 20.1. The lowest BCUT2D eigenvalue weighted by atomic mass is 10.1. The average molecular weight is 428 g/mol. The number of para-hydroxylation sites is 2. The van der Waals surface area contributed by atoms with Gasteiger partial charge in [0, 0.05) is 37.9 Å². The average Bonchev–Trinajstić information content (AvgIpc) is 3.35. The minimum absolute atomic E-state index is 0.473. The molecule has 0 radical (unpaired) electrons. The van der Waals surface area contributed by atoms with Crippen LogP contribution in [0.3, 0.4) is 0 Å². The minimum Gasteiger partial charge on any atom is -0.495 e. The standard InChI is InChI=1S/C25H25N5O2/c1-18-7-9-19(10-8-18)24-27-25(32-28-24)20-11-12-23(26-17-20)30-15-13-29(14-16-30)21-5-3-4-6-22(21)31-2/h3-12,17H,13-16H2,1-2H3. The molecule has 1 aliphatic rings. The van der Waals surface area contributed by atoms with Gasteiger partial charge in [0.1, 0.15) is 11.6 Å². The number of aryl methyl sites for hydroxylation is 1. The SMILES string of the molecule is COc1ccccc1N1CCN(c2ccc(-c3nc(-c4ccc(C)cc4)no3)cn2)CC1. The van der Waals surface area contributed by atoms with Crippen molar-refractivity contribution in [3.05, 3.63) is 72.4 Å². The van der Waals surface area contributed by atoms with Crippen LogP contribution in [0.5, 0.6) is 5.75 Å². The van der Waals surface area contributed by atoms with Gasteiger partial charge in [-0.2, -0.15) is 4.98 Å². The van der Waals surface area contributed by atoms with Crippen LogP contribution in [0.25, 0.3) is 22.8 Å². The van der Waals surface area contributed by atoms with Crippen LogP contribution < -0.4 is 14.5 Å². The lowest BCUT2D eigenvalue weighted by Crippen LogP contribution is -2.46. The maximum atomic E-state index is 5.51. The molecule has 1 saturated heterocycles. The third-order valence-electron chi connectivity index (χ3n) is 5.76. The molecule has 32 heavy (non-hydrogen) atoms. The summed E-state index contributed by atoms with van der Waals surface area (Å²) in [6.45, 7) is 5.66. The van der Waals surface area contributed by atoms with Gasteiger partial charge in [0.2, 0.25) is 5.82 Å². The fourth-order valence-electron chi connectivity index (χ4n) is 3.93. The Kier molecular flexibility index (Phi) is 5.46. The van der Waals surface area contributed by atoms with E-state index in [1.54, 1.807) is 13.3 Å². The first-order chi connectivity index (χ1) is 15.7. The Balaban J connectivity index is 1.25. The molecular formula is C25H25N5O2. The van der Waals surface area contributed by atoms with E-state index in [2.05, 4.69) is 37.9 Å². The highest BCUT2D eigenvalue weighted by molar-refractivity contribution is 5.62. The Morgan fingerprint density at radius 1 is 0.844 bits per heavy atom. The normalized spacial score (nSPS) is 13.9. The Morgan fingerprint density at radius 3 is 2.28 bits per heavy atom. The summed E-state index contributed by atoms with van der Waals surface area (Å²) in [7, 11) is 1.72. The maximum Gasteiger partial charge on any atom is 0.259 e. The third-order valence-corrected chi connectivity index (χ3v) is 5.76. The Hall–Kier alpha value is -3.87. The molecule has 3 heterocycles. The summed E-state index contributed by atoms with van der Waals surface area (Å²) in [5.41, 5.74) is 4.08. The first-order valence-corrected chi connectivity index (χ1v) is 10.7. The smallest absolute Gasteiger partial charge is 0.259 e. The van der Waals surface area contributed by atoms with Gasteiger partial charge in [-0.05, 0) is 31.2 Å². The summed E-state index contributed by atoms with van der Waals surface area (Å²) in [5.74, 6) is 2.91. The van der Waals surface area contributed by atoms with Gasteiger partial charge in [-0.3, -0.25) is 0 Å². The summed E-state index contributed by atoms with van der Waals surface area (Å²) >= 11 is 0. The summed E-state index contributed by atoms with van der Waals surface area (Å²) in [6.07, 6.45) is 1.80. The lowest BCUT2D eigenvalue weighted by molar-refractivity contribution is 0.413. The van der Waals surface area contributed by atoms with Crippen molar-refractivity contribution in [2.75, 3.05) is 43.1 Å². The van der Waals surface area contributed by atoms with Gasteiger partial charge in [-0.25, -0.2) is 4.98 Å². The van der Waals surface area contributed by atoms with Gasteiger partial charge in [-0.15, -0.1) is 0 Å². The fourth-order valence-corrected chi connectivity index (χ4v) is 3.93. The molecule has 0 spiro atoms. The van der Waals surface area contributed by atoms with Crippen LogP contribution in [0.4, 0.5) is 11.5 Å². The van der Waals surface area contributed by atoms with E-state index >= 15 is 0 Å². The number of rotatable bonds is 5. The van der Waals surface area contributed by atoms with E-state index in [4.69, 9.17) is 9.26 Å². The minimum atomic E-state index is 0.473. The molecule has 5 rings (SSSR count). The van der Waals surface area contributed by atoms with Gasteiger partial charge >= 0.3 is 0 Å². The number of anilines is 2. The van der Waals surface area contributed by atoms with Crippen molar-refractivity contribution in [1.82, 2.24) is 15.1 Å². The Morgan fingerprint density at radius 2 is 1.56 bits per heavy atom. The van der Waals surface area contributed by atoms with E-state index in [-0.39, 0.29) is 0 Å². The van der Waals surface area contributed by atoms with Crippen LogP contribution in [-0.4, -0.2) is 48.4 Å². The number of hydrogen-bond donors (Lipinski definition) is 0. The molecular weight excluding hydrogens is 402 g/mol. The zero-order valence-corrected chi connectivity index (χ0v) is 18.2. The van der Waals surface area contributed by atoms with Crippen LogP contribution >= 0.6 is 0 Å². The molecule has 162 valence electrons. The highest BCUT2D eigenvalue weighted by Gasteiger charge is 2.21. The van der Waals surface area contributed by atoms with Gasteiger partial charge in [0.25, 0.3) is 5.89 Å². The quantitative estimate of drug-likeness (QED) is 0.466. The van der Waals surface area contributed by atoms with Crippen LogP contribution in [-0.2, 0) is 0 Å². The highest BCUT2D eigenvalue weighted by Crippen LogP contribution is 2.29. The van der Waals surface area contributed by atoms with Crippen LogP contribution in [0.2, 0.25) is 0 Å². The van der Waals surface area contributed by atoms with Gasteiger partial charge in [0.05, 0.1) is 18.4 Å². The molecule has 7 heteroatoms. The molecule has 0 bridgehead atoms. The highest BCUT2D eigenvalue weighted by atomic mass is 16.5. The second-order valence-corrected chi connectivity index (χ2v) is 7.84. The number of pyridine rings is 1. The van der Waals surface area contributed by atoms with Crippen molar-refractivity contribution in [3.63, 3.8) is 0 Å². The lowest BCUT2D eigenvalue weighted by Gasteiger charge is -2.37. The zero-order chi connectivity index (χ0) is 21.9. The molecule has 7 nitrogen and oxygen atoms in total. The van der Waals surface area contributed by atoms with E-state index in [1.165, 1.54) is 5.56 Å². The summed E-state index contributed by atoms with van der Waals surface area (Å²) in [5, 5.41) is 4.12. The molecule has 0 atom stereocenters. The number of nitrogens with zero attached hydrogens (tertiary/aromatic N) is 5. The van der Waals surface area contributed by atoms with Crippen molar-refractivity contribution in [3.8, 4) is 28.6 Å². The molecule has 1 fully saturated rings. The van der Waals surface area contributed by atoms with Crippen LogP contribution in [0.1, 0.15) is 5.56 Å². The van der Waals surface area contributed by atoms with Gasteiger partial charge in [0.15, 0.2) is 0 Å². The molecule has 0 unspecified atom stereocenters. The number of benzene rings is 2. The molecule has 2 aromatic carbocycles. The topological polar surface area (TPSA) is 67.5 Å². The second-order valence-electron chi connectivity index (χ2n) is 7.84. The number of aromatic nitrogens is 3. The van der Waals surface area contributed by atoms with Crippen LogP contribution in [0, 0.1) is 6.92 Å². The summed E-state index contributed by atoms with van der Waals surface area (Å²) < 4.78 is 11.0. The summed E-state index contributed by atoms with van der Waals surface area (Å²) in [4.78, 5) is 13.8. The second kappa shape index (κ2) is 8.70. The van der Waals surface area contributed by atoms with Gasteiger partial charge in [-0.1, -0.05) is 47.1 Å². The predicted molar refractivity (Wildman–Crippen MR) is 125 cm³/mol. The van der Waals surface area contributed by atoms with E-state index in [0.29, 0.717) is 11.7 Å². The van der Waals surface area contributed by atoms with Crippen molar-refractivity contribution in [2.24, 2.45) is 0 Å².